The summed E-state index contributed by atoms with van der Waals surface area (Å²) in [7, 11) is 4.00. The summed E-state index contributed by atoms with van der Waals surface area (Å²) in [6.45, 7) is 0. The lowest BCUT2D eigenvalue weighted by molar-refractivity contribution is 1.10. The van der Waals surface area contributed by atoms with Crippen LogP contribution in [0.15, 0.2) is 36.7 Å². The Balaban J connectivity index is 2.22. The number of hydrogen-bond donors (Lipinski definition) is 0. The highest BCUT2D eigenvalue weighted by atomic mass is 35.5. The van der Waals surface area contributed by atoms with Crippen LogP contribution < -0.4 is 4.90 Å². The van der Waals surface area contributed by atoms with Crippen LogP contribution in [-0.4, -0.2) is 33.7 Å². The minimum Gasteiger partial charge on any atom is -0.378 e. The second-order valence-electron chi connectivity index (χ2n) is 4.39. The standard InChI is InChI=1S/C13H12ClN5/c1-18(2)10-5-3-4-9(6-10)13-17-16-12-8-15-7-11(14)19(12)13/h3-8H,1-2H3. The molecule has 0 saturated carbocycles. The highest BCUT2D eigenvalue weighted by Gasteiger charge is 2.11. The van der Waals surface area contributed by atoms with Crippen molar-refractivity contribution in [3.05, 3.63) is 41.8 Å². The Morgan fingerprint density at radius 2 is 2.00 bits per heavy atom. The third-order valence-electron chi connectivity index (χ3n) is 2.89. The van der Waals surface area contributed by atoms with Crippen molar-refractivity contribution in [1.29, 1.82) is 0 Å². The van der Waals surface area contributed by atoms with E-state index in [1.165, 1.54) is 0 Å². The van der Waals surface area contributed by atoms with Crippen molar-refractivity contribution >= 4 is 22.9 Å². The van der Waals surface area contributed by atoms with Crippen molar-refractivity contribution in [2.75, 3.05) is 19.0 Å². The topological polar surface area (TPSA) is 46.3 Å². The third-order valence-corrected chi connectivity index (χ3v) is 3.16. The van der Waals surface area contributed by atoms with Gasteiger partial charge in [0.2, 0.25) is 0 Å². The molecule has 5 nitrogen and oxygen atoms in total. The molecule has 0 saturated heterocycles. The first-order valence-electron chi connectivity index (χ1n) is 5.79. The molecule has 1 aromatic carbocycles. The van der Waals surface area contributed by atoms with Gasteiger partial charge in [0.25, 0.3) is 0 Å². The van der Waals surface area contributed by atoms with Crippen molar-refractivity contribution < 1.29 is 0 Å². The first-order chi connectivity index (χ1) is 9.16. The summed E-state index contributed by atoms with van der Waals surface area (Å²) in [5.41, 5.74) is 2.70. The molecule has 0 radical (unpaired) electrons. The largest absolute Gasteiger partial charge is 0.378 e. The maximum Gasteiger partial charge on any atom is 0.180 e. The zero-order chi connectivity index (χ0) is 13.4. The van der Waals surface area contributed by atoms with Crippen LogP contribution in [0.3, 0.4) is 0 Å². The molecule has 2 aromatic heterocycles. The lowest BCUT2D eigenvalue weighted by Crippen LogP contribution is -2.08. The zero-order valence-corrected chi connectivity index (χ0v) is 11.3. The molecule has 6 heteroatoms. The number of benzene rings is 1. The number of rotatable bonds is 2. The molecule has 0 aliphatic carbocycles. The van der Waals surface area contributed by atoms with E-state index < -0.39 is 0 Å². The van der Waals surface area contributed by atoms with Crippen molar-refractivity contribution in [2.24, 2.45) is 0 Å². The van der Waals surface area contributed by atoms with E-state index in [1.807, 2.05) is 43.3 Å². The summed E-state index contributed by atoms with van der Waals surface area (Å²) in [6, 6.07) is 8.06. The molecule has 0 aliphatic rings. The van der Waals surface area contributed by atoms with E-state index in [-0.39, 0.29) is 0 Å². The molecule has 3 rings (SSSR count). The average Bonchev–Trinajstić information content (AvgIpc) is 2.84. The maximum atomic E-state index is 6.17. The number of halogens is 1. The molecule has 2 heterocycles. The van der Waals surface area contributed by atoms with E-state index in [0.717, 1.165) is 11.3 Å². The monoisotopic (exact) mass is 273 g/mol. The van der Waals surface area contributed by atoms with Gasteiger partial charge in [0.05, 0.1) is 12.4 Å². The van der Waals surface area contributed by atoms with Gasteiger partial charge < -0.3 is 4.90 Å². The van der Waals surface area contributed by atoms with E-state index in [9.17, 15) is 0 Å². The summed E-state index contributed by atoms with van der Waals surface area (Å²) in [6.07, 6.45) is 3.22. The normalized spacial score (nSPS) is 10.9. The van der Waals surface area contributed by atoms with Crippen LogP contribution in [0.5, 0.6) is 0 Å². The van der Waals surface area contributed by atoms with Gasteiger partial charge in [0.1, 0.15) is 5.15 Å². The summed E-state index contributed by atoms with van der Waals surface area (Å²) in [4.78, 5) is 6.04. The van der Waals surface area contributed by atoms with E-state index in [1.54, 1.807) is 16.8 Å². The predicted octanol–water partition coefficient (Wildman–Crippen LogP) is 2.51. The first-order valence-corrected chi connectivity index (χ1v) is 6.17. The van der Waals surface area contributed by atoms with Crippen LogP contribution in [0.4, 0.5) is 5.69 Å². The lowest BCUT2D eigenvalue weighted by atomic mass is 10.2. The molecule has 3 aromatic rings. The van der Waals surface area contributed by atoms with E-state index in [0.29, 0.717) is 16.6 Å². The Morgan fingerprint density at radius 3 is 2.79 bits per heavy atom. The molecule has 0 amide bonds. The molecule has 0 atom stereocenters. The number of anilines is 1. The summed E-state index contributed by atoms with van der Waals surface area (Å²) in [5, 5.41) is 8.77. The molecular weight excluding hydrogens is 262 g/mol. The second-order valence-corrected chi connectivity index (χ2v) is 4.78. The van der Waals surface area contributed by atoms with Gasteiger partial charge in [-0.3, -0.25) is 9.38 Å². The first kappa shape index (κ1) is 11.9. The fourth-order valence-corrected chi connectivity index (χ4v) is 2.15. The molecular formula is C13H12ClN5. The molecule has 0 fully saturated rings. The number of fused-ring (bicyclic) bond motifs is 1. The Morgan fingerprint density at radius 1 is 1.16 bits per heavy atom. The maximum absolute atomic E-state index is 6.17. The Kier molecular flexibility index (Phi) is 2.83. The van der Waals surface area contributed by atoms with Gasteiger partial charge >= 0.3 is 0 Å². The number of aromatic nitrogens is 4. The van der Waals surface area contributed by atoms with Crippen LogP contribution in [-0.2, 0) is 0 Å². The molecule has 19 heavy (non-hydrogen) atoms. The van der Waals surface area contributed by atoms with Crippen molar-refractivity contribution in [1.82, 2.24) is 19.6 Å². The van der Waals surface area contributed by atoms with E-state index >= 15 is 0 Å². The Hall–Kier alpha value is -2.14. The quantitative estimate of drug-likeness (QED) is 0.720. The predicted molar refractivity (Wildman–Crippen MR) is 75.6 cm³/mol. The third kappa shape index (κ3) is 2.02. The highest BCUT2D eigenvalue weighted by Crippen LogP contribution is 2.24. The van der Waals surface area contributed by atoms with Crippen molar-refractivity contribution in [3.8, 4) is 11.4 Å². The molecule has 0 bridgehead atoms. The van der Waals surface area contributed by atoms with Gasteiger partial charge in [-0.25, -0.2) is 0 Å². The van der Waals surface area contributed by atoms with Gasteiger partial charge in [-0.1, -0.05) is 23.7 Å². The smallest absolute Gasteiger partial charge is 0.180 e. The molecule has 0 N–H and O–H groups in total. The van der Waals surface area contributed by atoms with E-state index in [4.69, 9.17) is 11.6 Å². The fourth-order valence-electron chi connectivity index (χ4n) is 1.92. The lowest BCUT2D eigenvalue weighted by Gasteiger charge is -2.13. The van der Waals surface area contributed by atoms with Crippen LogP contribution in [0.1, 0.15) is 0 Å². The van der Waals surface area contributed by atoms with Gasteiger partial charge in [-0.2, -0.15) is 0 Å². The van der Waals surface area contributed by atoms with Crippen LogP contribution >= 0.6 is 11.6 Å². The molecule has 0 unspecified atom stereocenters. The van der Waals surface area contributed by atoms with Crippen LogP contribution in [0, 0.1) is 0 Å². The second kappa shape index (κ2) is 4.51. The number of hydrogen-bond acceptors (Lipinski definition) is 4. The Bertz CT molecular complexity index is 735. The zero-order valence-electron chi connectivity index (χ0n) is 10.6. The summed E-state index contributed by atoms with van der Waals surface area (Å²) in [5.74, 6) is 0.714. The summed E-state index contributed by atoms with van der Waals surface area (Å²) < 4.78 is 1.78. The van der Waals surface area contributed by atoms with Gasteiger partial charge in [0, 0.05) is 25.3 Å². The van der Waals surface area contributed by atoms with Gasteiger partial charge in [-0.15, -0.1) is 10.2 Å². The van der Waals surface area contributed by atoms with Crippen molar-refractivity contribution in [2.45, 2.75) is 0 Å². The summed E-state index contributed by atoms with van der Waals surface area (Å²) >= 11 is 6.17. The highest BCUT2D eigenvalue weighted by molar-refractivity contribution is 6.29. The van der Waals surface area contributed by atoms with Crippen LogP contribution in [0.2, 0.25) is 5.15 Å². The Labute approximate surface area is 115 Å². The number of nitrogens with zero attached hydrogens (tertiary/aromatic N) is 5. The van der Waals surface area contributed by atoms with Crippen LogP contribution in [0.25, 0.3) is 17.0 Å². The molecule has 0 aliphatic heterocycles. The minimum atomic E-state index is 0.493. The molecule has 96 valence electrons. The SMILES string of the molecule is CN(C)c1cccc(-c2nnc3cncc(Cl)n23)c1. The van der Waals surface area contributed by atoms with Crippen molar-refractivity contribution in [3.63, 3.8) is 0 Å². The van der Waals surface area contributed by atoms with E-state index in [2.05, 4.69) is 15.2 Å². The van der Waals surface area contributed by atoms with Gasteiger partial charge in [-0.05, 0) is 12.1 Å². The van der Waals surface area contributed by atoms with Gasteiger partial charge in [0.15, 0.2) is 11.5 Å². The molecule has 0 spiro atoms. The average molecular weight is 274 g/mol. The minimum absolute atomic E-state index is 0.493. The fraction of sp³-hybridized carbons (Fsp3) is 0.154.